The number of hydrogen-bond acceptors (Lipinski definition) is 5. The Morgan fingerprint density at radius 3 is 2.44 bits per heavy atom. The Kier molecular flexibility index (Phi) is 5.53. The molecule has 0 atom stereocenters. The summed E-state index contributed by atoms with van der Waals surface area (Å²) in [6.45, 7) is 0.677. The molecule has 3 rings (SSSR count). The van der Waals surface area contributed by atoms with Gasteiger partial charge in [0.25, 0.3) is 0 Å². The maximum atomic E-state index is 13.1. The molecule has 0 bridgehead atoms. The summed E-state index contributed by atoms with van der Waals surface area (Å²) in [5.41, 5.74) is 2.48. The standard InChI is InChI=1S/C19H19FN4O/c20-15-7-9-16(10-8-15)22-18-13-17(14-5-2-1-3-6-14)23-19(24-18)21-11-4-12-25/h1-3,5-10,13,25H,4,11-12H2,(H2,21,22,23,24). The summed E-state index contributed by atoms with van der Waals surface area (Å²) >= 11 is 0. The largest absolute Gasteiger partial charge is 0.396 e. The molecule has 25 heavy (non-hydrogen) atoms. The van der Waals surface area contributed by atoms with Crippen LogP contribution < -0.4 is 10.6 Å². The number of aliphatic hydroxyl groups excluding tert-OH is 1. The number of nitrogens with zero attached hydrogens (tertiary/aromatic N) is 2. The molecular weight excluding hydrogens is 319 g/mol. The predicted octanol–water partition coefficient (Wildman–Crippen LogP) is 3.82. The number of hydrogen-bond donors (Lipinski definition) is 3. The summed E-state index contributed by atoms with van der Waals surface area (Å²) in [6.07, 6.45) is 0.611. The van der Waals surface area contributed by atoms with E-state index < -0.39 is 0 Å². The maximum Gasteiger partial charge on any atom is 0.225 e. The summed E-state index contributed by atoms with van der Waals surface area (Å²) < 4.78 is 13.1. The first-order chi connectivity index (χ1) is 12.2. The van der Waals surface area contributed by atoms with Crippen molar-refractivity contribution in [2.24, 2.45) is 0 Å². The lowest BCUT2D eigenvalue weighted by atomic mass is 10.1. The highest BCUT2D eigenvalue weighted by Gasteiger charge is 2.07. The quantitative estimate of drug-likeness (QED) is 0.571. The molecule has 6 heteroatoms. The van der Waals surface area contributed by atoms with Crippen LogP contribution in [0.1, 0.15) is 6.42 Å². The van der Waals surface area contributed by atoms with Crippen molar-refractivity contribution in [2.45, 2.75) is 6.42 Å². The van der Waals surface area contributed by atoms with Crippen LogP contribution in [-0.2, 0) is 0 Å². The van der Waals surface area contributed by atoms with Gasteiger partial charge in [-0.05, 0) is 30.7 Å². The minimum absolute atomic E-state index is 0.103. The van der Waals surface area contributed by atoms with Gasteiger partial charge in [0.15, 0.2) is 0 Å². The lowest BCUT2D eigenvalue weighted by Crippen LogP contribution is -2.08. The normalized spacial score (nSPS) is 10.5. The van der Waals surface area contributed by atoms with Crippen LogP contribution in [0.4, 0.5) is 21.8 Å². The zero-order valence-corrected chi connectivity index (χ0v) is 13.6. The van der Waals surface area contributed by atoms with E-state index in [0.29, 0.717) is 24.7 Å². The van der Waals surface area contributed by atoms with Gasteiger partial charge >= 0.3 is 0 Å². The zero-order valence-electron chi connectivity index (χ0n) is 13.6. The third-order valence-electron chi connectivity index (χ3n) is 3.53. The van der Waals surface area contributed by atoms with Gasteiger partial charge in [-0.25, -0.2) is 9.37 Å². The molecule has 0 aliphatic carbocycles. The smallest absolute Gasteiger partial charge is 0.225 e. The van der Waals surface area contributed by atoms with E-state index in [-0.39, 0.29) is 12.4 Å². The van der Waals surface area contributed by atoms with Crippen LogP contribution in [0.25, 0.3) is 11.3 Å². The van der Waals surface area contributed by atoms with Crippen molar-refractivity contribution in [2.75, 3.05) is 23.8 Å². The van der Waals surface area contributed by atoms with E-state index in [9.17, 15) is 4.39 Å². The Balaban J connectivity index is 1.89. The summed E-state index contributed by atoms with van der Waals surface area (Å²) in [5.74, 6) is 0.788. The van der Waals surface area contributed by atoms with E-state index in [1.54, 1.807) is 12.1 Å². The number of aromatic nitrogens is 2. The van der Waals surface area contributed by atoms with Crippen molar-refractivity contribution >= 4 is 17.5 Å². The molecule has 0 spiro atoms. The number of rotatable bonds is 7. The monoisotopic (exact) mass is 338 g/mol. The van der Waals surface area contributed by atoms with Crippen LogP contribution in [0.5, 0.6) is 0 Å². The Hall–Kier alpha value is -2.99. The highest BCUT2D eigenvalue weighted by molar-refractivity contribution is 5.67. The number of nitrogens with one attached hydrogen (secondary N) is 2. The molecule has 0 aliphatic heterocycles. The van der Waals surface area contributed by atoms with Gasteiger partial charge in [0.1, 0.15) is 11.6 Å². The summed E-state index contributed by atoms with van der Waals surface area (Å²) in [7, 11) is 0. The highest BCUT2D eigenvalue weighted by atomic mass is 19.1. The van der Waals surface area contributed by atoms with Gasteiger partial charge in [0.2, 0.25) is 5.95 Å². The Morgan fingerprint density at radius 1 is 0.960 bits per heavy atom. The van der Waals surface area contributed by atoms with E-state index in [2.05, 4.69) is 20.6 Å². The van der Waals surface area contributed by atoms with Gasteiger partial charge in [0, 0.05) is 30.5 Å². The van der Waals surface area contributed by atoms with Gasteiger partial charge in [-0.2, -0.15) is 4.98 Å². The SMILES string of the molecule is OCCCNc1nc(Nc2ccc(F)cc2)cc(-c2ccccc2)n1. The van der Waals surface area contributed by atoms with E-state index in [0.717, 1.165) is 16.9 Å². The van der Waals surface area contributed by atoms with E-state index in [4.69, 9.17) is 5.11 Å². The van der Waals surface area contributed by atoms with Crippen LogP contribution in [0.15, 0.2) is 60.7 Å². The van der Waals surface area contributed by atoms with Crippen molar-refractivity contribution in [1.29, 1.82) is 0 Å². The molecule has 128 valence electrons. The number of anilines is 3. The highest BCUT2D eigenvalue weighted by Crippen LogP contribution is 2.23. The summed E-state index contributed by atoms with van der Waals surface area (Å²) in [5, 5.41) is 15.2. The summed E-state index contributed by atoms with van der Waals surface area (Å²) in [6, 6.07) is 17.7. The fraction of sp³-hybridized carbons (Fsp3) is 0.158. The Labute approximate surface area is 145 Å². The number of halogens is 1. The third kappa shape index (κ3) is 4.74. The molecule has 1 aromatic heterocycles. The first-order valence-corrected chi connectivity index (χ1v) is 8.06. The topological polar surface area (TPSA) is 70.1 Å². The molecule has 1 heterocycles. The molecule has 2 aromatic carbocycles. The van der Waals surface area contributed by atoms with E-state index in [1.165, 1.54) is 12.1 Å². The van der Waals surface area contributed by atoms with E-state index >= 15 is 0 Å². The second-order valence-electron chi connectivity index (χ2n) is 5.46. The van der Waals surface area contributed by atoms with Crippen molar-refractivity contribution in [3.8, 4) is 11.3 Å². The second-order valence-corrected chi connectivity index (χ2v) is 5.46. The molecule has 0 radical (unpaired) electrons. The van der Waals surface area contributed by atoms with Crippen molar-refractivity contribution < 1.29 is 9.50 Å². The molecule has 3 N–H and O–H groups in total. The first-order valence-electron chi connectivity index (χ1n) is 8.06. The number of aliphatic hydroxyl groups is 1. The molecule has 0 fully saturated rings. The predicted molar refractivity (Wildman–Crippen MR) is 97.3 cm³/mol. The molecule has 0 amide bonds. The molecular formula is C19H19FN4O. The molecule has 0 saturated carbocycles. The van der Waals surface area contributed by atoms with Crippen LogP contribution in [-0.4, -0.2) is 28.2 Å². The molecule has 3 aromatic rings. The van der Waals surface area contributed by atoms with Gasteiger partial charge in [0.05, 0.1) is 5.69 Å². The zero-order chi connectivity index (χ0) is 17.5. The molecule has 0 saturated heterocycles. The minimum atomic E-state index is -0.287. The van der Waals surface area contributed by atoms with Gasteiger partial charge in [-0.1, -0.05) is 30.3 Å². The van der Waals surface area contributed by atoms with Crippen LogP contribution in [0.3, 0.4) is 0 Å². The van der Waals surface area contributed by atoms with Crippen molar-refractivity contribution in [3.05, 3.63) is 66.5 Å². The van der Waals surface area contributed by atoms with Crippen LogP contribution >= 0.6 is 0 Å². The number of benzene rings is 2. The fourth-order valence-electron chi connectivity index (χ4n) is 2.31. The van der Waals surface area contributed by atoms with Gasteiger partial charge in [-0.3, -0.25) is 0 Å². The first kappa shape index (κ1) is 16.9. The Bertz CT molecular complexity index is 809. The fourth-order valence-corrected chi connectivity index (χ4v) is 2.31. The average Bonchev–Trinajstić information content (AvgIpc) is 2.64. The van der Waals surface area contributed by atoms with Crippen molar-refractivity contribution in [1.82, 2.24) is 9.97 Å². The summed E-state index contributed by atoms with van der Waals surface area (Å²) in [4.78, 5) is 8.97. The van der Waals surface area contributed by atoms with Gasteiger partial charge < -0.3 is 15.7 Å². The lowest BCUT2D eigenvalue weighted by Gasteiger charge is -2.11. The molecule has 0 unspecified atom stereocenters. The average molecular weight is 338 g/mol. The maximum absolute atomic E-state index is 13.1. The molecule has 5 nitrogen and oxygen atoms in total. The van der Waals surface area contributed by atoms with E-state index in [1.807, 2.05) is 36.4 Å². The minimum Gasteiger partial charge on any atom is -0.396 e. The second kappa shape index (κ2) is 8.21. The third-order valence-corrected chi connectivity index (χ3v) is 3.53. The van der Waals surface area contributed by atoms with Crippen LogP contribution in [0.2, 0.25) is 0 Å². The Morgan fingerprint density at radius 2 is 1.72 bits per heavy atom. The molecule has 0 aliphatic rings. The van der Waals surface area contributed by atoms with Gasteiger partial charge in [-0.15, -0.1) is 0 Å². The van der Waals surface area contributed by atoms with Crippen LogP contribution in [0, 0.1) is 5.82 Å². The lowest BCUT2D eigenvalue weighted by molar-refractivity contribution is 0.292. The van der Waals surface area contributed by atoms with Crippen molar-refractivity contribution in [3.63, 3.8) is 0 Å².